The zero-order valence-electron chi connectivity index (χ0n) is 8.62. The summed E-state index contributed by atoms with van der Waals surface area (Å²) >= 11 is 0. The smallest absolute Gasteiger partial charge is 0.0540 e. The molecule has 1 aromatic heterocycles. The van der Waals surface area contributed by atoms with Crippen molar-refractivity contribution in [3.05, 3.63) is 17.5 Å². The van der Waals surface area contributed by atoms with Crippen molar-refractivity contribution in [2.75, 3.05) is 13.6 Å². The van der Waals surface area contributed by atoms with Crippen LogP contribution >= 0.6 is 0 Å². The highest BCUT2D eigenvalue weighted by atomic mass is 15.3. The second-order valence-electron chi connectivity index (χ2n) is 3.95. The summed E-state index contributed by atoms with van der Waals surface area (Å²) < 4.78 is 1.96. The predicted molar refractivity (Wildman–Crippen MR) is 52.6 cm³/mol. The van der Waals surface area contributed by atoms with Gasteiger partial charge in [-0.1, -0.05) is 0 Å². The maximum atomic E-state index is 4.29. The quantitative estimate of drug-likeness (QED) is 0.651. The van der Waals surface area contributed by atoms with Crippen molar-refractivity contribution < 1.29 is 0 Å². The van der Waals surface area contributed by atoms with Crippen molar-refractivity contribution in [2.45, 2.75) is 25.8 Å². The molecule has 0 radical (unpaired) electrons. The third kappa shape index (κ3) is 1.37. The molecule has 1 unspecified atom stereocenters. The van der Waals surface area contributed by atoms with Gasteiger partial charge in [0.2, 0.25) is 0 Å². The number of rotatable bonds is 1. The molecule has 0 amide bonds. The first-order valence-electron chi connectivity index (χ1n) is 4.89. The van der Waals surface area contributed by atoms with Crippen molar-refractivity contribution >= 4 is 0 Å². The standard InChI is InChI=1S/C10H17N3/c1-8-9(7-11-13(8)3)10-5-4-6-12(10)2/h7,10H,4-6H2,1-3H3. The number of aryl methyl sites for hydroxylation is 1. The van der Waals surface area contributed by atoms with Crippen LogP contribution in [0.15, 0.2) is 6.20 Å². The number of aromatic nitrogens is 2. The second-order valence-corrected chi connectivity index (χ2v) is 3.95. The maximum Gasteiger partial charge on any atom is 0.0540 e. The van der Waals surface area contributed by atoms with Crippen LogP contribution in [-0.4, -0.2) is 28.3 Å². The van der Waals surface area contributed by atoms with Gasteiger partial charge in [-0.25, -0.2) is 0 Å². The van der Waals surface area contributed by atoms with Gasteiger partial charge in [0.25, 0.3) is 0 Å². The van der Waals surface area contributed by atoms with Crippen molar-refractivity contribution in [2.24, 2.45) is 7.05 Å². The van der Waals surface area contributed by atoms with Gasteiger partial charge in [-0.15, -0.1) is 0 Å². The van der Waals surface area contributed by atoms with Crippen LogP contribution in [0.4, 0.5) is 0 Å². The number of hydrogen-bond donors (Lipinski definition) is 0. The minimum atomic E-state index is 0.605. The van der Waals surface area contributed by atoms with E-state index in [9.17, 15) is 0 Å². The molecule has 0 spiro atoms. The molecular formula is C10H17N3. The Kier molecular flexibility index (Phi) is 2.12. The first-order chi connectivity index (χ1) is 6.20. The molecule has 3 nitrogen and oxygen atoms in total. The van der Waals surface area contributed by atoms with E-state index in [1.54, 1.807) is 0 Å². The van der Waals surface area contributed by atoms with E-state index in [2.05, 4.69) is 24.0 Å². The van der Waals surface area contributed by atoms with E-state index in [-0.39, 0.29) is 0 Å². The van der Waals surface area contributed by atoms with Crippen LogP contribution in [0.5, 0.6) is 0 Å². The molecule has 0 saturated carbocycles. The molecule has 1 atom stereocenters. The number of nitrogens with zero attached hydrogens (tertiary/aromatic N) is 3. The summed E-state index contributed by atoms with van der Waals surface area (Å²) in [6.07, 6.45) is 4.61. The zero-order chi connectivity index (χ0) is 9.42. The van der Waals surface area contributed by atoms with Gasteiger partial charge >= 0.3 is 0 Å². The summed E-state index contributed by atoms with van der Waals surface area (Å²) in [5.41, 5.74) is 2.71. The number of hydrogen-bond acceptors (Lipinski definition) is 2. The lowest BCUT2D eigenvalue weighted by Gasteiger charge is -2.18. The Morgan fingerprint density at radius 1 is 1.46 bits per heavy atom. The van der Waals surface area contributed by atoms with Crippen molar-refractivity contribution in [1.82, 2.24) is 14.7 Å². The van der Waals surface area contributed by atoms with E-state index in [1.807, 2.05) is 17.9 Å². The Morgan fingerprint density at radius 2 is 2.23 bits per heavy atom. The highest BCUT2D eigenvalue weighted by Gasteiger charge is 2.25. The van der Waals surface area contributed by atoms with Gasteiger partial charge in [-0.3, -0.25) is 9.58 Å². The Morgan fingerprint density at radius 3 is 2.69 bits per heavy atom. The largest absolute Gasteiger partial charge is 0.299 e. The second kappa shape index (κ2) is 3.14. The molecule has 0 bridgehead atoms. The van der Waals surface area contributed by atoms with E-state index < -0.39 is 0 Å². The lowest BCUT2D eigenvalue weighted by atomic mass is 10.1. The normalized spacial score (nSPS) is 24.1. The molecular weight excluding hydrogens is 162 g/mol. The summed E-state index contributed by atoms with van der Waals surface area (Å²) in [5, 5.41) is 4.29. The van der Waals surface area contributed by atoms with Crippen LogP contribution in [-0.2, 0) is 7.05 Å². The summed E-state index contributed by atoms with van der Waals surface area (Å²) in [6, 6.07) is 0.605. The molecule has 1 aromatic rings. The van der Waals surface area contributed by atoms with Crippen LogP contribution < -0.4 is 0 Å². The highest BCUT2D eigenvalue weighted by molar-refractivity contribution is 5.21. The molecule has 2 heterocycles. The molecule has 1 saturated heterocycles. The Hall–Kier alpha value is -0.830. The summed E-state index contributed by atoms with van der Waals surface area (Å²) in [7, 11) is 4.21. The van der Waals surface area contributed by atoms with Crippen LogP contribution in [0.25, 0.3) is 0 Å². The van der Waals surface area contributed by atoms with Crippen molar-refractivity contribution in [3.8, 4) is 0 Å². The van der Waals surface area contributed by atoms with Gasteiger partial charge < -0.3 is 0 Å². The van der Waals surface area contributed by atoms with Gasteiger partial charge in [-0.2, -0.15) is 5.10 Å². The van der Waals surface area contributed by atoms with Gasteiger partial charge in [0.1, 0.15) is 0 Å². The monoisotopic (exact) mass is 179 g/mol. The fourth-order valence-corrected chi connectivity index (χ4v) is 2.15. The van der Waals surface area contributed by atoms with Crippen molar-refractivity contribution in [1.29, 1.82) is 0 Å². The highest BCUT2D eigenvalue weighted by Crippen LogP contribution is 2.31. The summed E-state index contributed by atoms with van der Waals surface area (Å²) in [5.74, 6) is 0. The predicted octanol–water partition coefficient (Wildman–Crippen LogP) is 1.50. The van der Waals surface area contributed by atoms with Crippen LogP contribution in [0, 0.1) is 6.92 Å². The number of likely N-dealkylation sites (tertiary alicyclic amines) is 1. The van der Waals surface area contributed by atoms with E-state index >= 15 is 0 Å². The van der Waals surface area contributed by atoms with Gasteiger partial charge in [-0.05, 0) is 33.4 Å². The average molecular weight is 179 g/mol. The lowest BCUT2D eigenvalue weighted by Crippen LogP contribution is -2.17. The molecule has 1 fully saturated rings. The van der Waals surface area contributed by atoms with Gasteiger partial charge in [0.05, 0.1) is 6.20 Å². The van der Waals surface area contributed by atoms with Crippen LogP contribution in [0.2, 0.25) is 0 Å². The molecule has 72 valence electrons. The first-order valence-corrected chi connectivity index (χ1v) is 4.89. The summed E-state index contributed by atoms with van der Waals surface area (Å²) in [6.45, 7) is 3.37. The third-order valence-corrected chi connectivity index (χ3v) is 3.15. The average Bonchev–Trinajstić information content (AvgIpc) is 2.62. The maximum absolute atomic E-state index is 4.29. The summed E-state index contributed by atoms with van der Waals surface area (Å²) in [4.78, 5) is 2.42. The van der Waals surface area contributed by atoms with E-state index in [4.69, 9.17) is 0 Å². The minimum Gasteiger partial charge on any atom is -0.299 e. The Bertz CT molecular complexity index is 303. The molecule has 2 rings (SSSR count). The molecule has 1 aliphatic heterocycles. The van der Waals surface area contributed by atoms with E-state index in [0.717, 1.165) is 0 Å². The molecule has 0 N–H and O–H groups in total. The fraction of sp³-hybridized carbons (Fsp3) is 0.700. The first kappa shape index (κ1) is 8.75. The van der Waals surface area contributed by atoms with Gasteiger partial charge in [0, 0.05) is 24.3 Å². The molecule has 0 aliphatic carbocycles. The van der Waals surface area contributed by atoms with Gasteiger partial charge in [0.15, 0.2) is 0 Å². The fourth-order valence-electron chi connectivity index (χ4n) is 2.15. The third-order valence-electron chi connectivity index (χ3n) is 3.15. The van der Waals surface area contributed by atoms with E-state index in [1.165, 1.54) is 30.6 Å². The van der Waals surface area contributed by atoms with Crippen LogP contribution in [0.3, 0.4) is 0 Å². The molecule has 3 heteroatoms. The SMILES string of the molecule is Cc1c(C2CCCN2C)cnn1C. The Balaban J connectivity index is 2.29. The zero-order valence-corrected chi connectivity index (χ0v) is 8.62. The van der Waals surface area contributed by atoms with Crippen LogP contribution in [0.1, 0.15) is 30.1 Å². The Labute approximate surface area is 79.3 Å². The molecule has 1 aliphatic rings. The molecule has 13 heavy (non-hydrogen) atoms. The lowest BCUT2D eigenvalue weighted by molar-refractivity contribution is 0.316. The van der Waals surface area contributed by atoms with Crippen molar-refractivity contribution in [3.63, 3.8) is 0 Å². The van der Waals surface area contributed by atoms with E-state index in [0.29, 0.717) is 6.04 Å². The molecule has 0 aromatic carbocycles. The minimum absolute atomic E-state index is 0.605. The topological polar surface area (TPSA) is 21.1 Å².